The van der Waals surface area contributed by atoms with Crippen molar-refractivity contribution < 1.29 is 14.3 Å². The zero-order valence-corrected chi connectivity index (χ0v) is 14.8. The summed E-state index contributed by atoms with van der Waals surface area (Å²) in [6, 6.07) is 6.91. The molecule has 138 valence electrons. The highest BCUT2D eigenvalue weighted by Gasteiger charge is 2.36. The minimum absolute atomic E-state index is 0.0677. The average molecular weight is 358 g/mol. The number of methoxy groups -OCH3 is 1. The van der Waals surface area contributed by atoms with E-state index in [2.05, 4.69) is 25.9 Å². The second-order valence-corrected chi connectivity index (χ2v) is 6.22. The number of carbonyl (C=O) groups is 2. The summed E-state index contributed by atoms with van der Waals surface area (Å²) in [5, 5.41) is 16.8. The van der Waals surface area contributed by atoms with Crippen molar-refractivity contribution in [1.82, 2.24) is 25.9 Å². The SMILES string of the molecule is CCCC(NC(=O)C1CC(=O)N(c2ccc(OC)cc2)C1)c1nn[nH]n1. The predicted octanol–water partition coefficient (Wildman–Crippen LogP) is 1.22. The molecule has 9 nitrogen and oxygen atoms in total. The van der Waals surface area contributed by atoms with Crippen LogP contribution < -0.4 is 15.0 Å². The Morgan fingerprint density at radius 2 is 2.19 bits per heavy atom. The summed E-state index contributed by atoms with van der Waals surface area (Å²) in [4.78, 5) is 26.6. The molecule has 0 aliphatic carbocycles. The molecule has 9 heteroatoms. The Balaban J connectivity index is 1.66. The summed E-state index contributed by atoms with van der Waals surface area (Å²) in [7, 11) is 1.59. The maximum atomic E-state index is 12.7. The van der Waals surface area contributed by atoms with E-state index in [1.54, 1.807) is 24.1 Å². The van der Waals surface area contributed by atoms with Crippen molar-refractivity contribution in [2.24, 2.45) is 5.92 Å². The van der Waals surface area contributed by atoms with Gasteiger partial charge in [0.1, 0.15) is 5.75 Å². The number of ether oxygens (including phenoxy) is 1. The lowest BCUT2D eigenvalue weighted by Gasteiger charge is -2.19. The molecule has 1 saturated heterocycles. The van der Waals surface area contributed by atoms with Crippen LogP contribution in [0.2, 0.25) is 0 Å². The molecule has 3 rings (SSSR count). The van der Waals surface area contributed by atoms with Crippen LogP contribution in [0.15, 0.2) is 24.3 Å². The normalized spacial score (nSPS) is 18.0. The second-order valence-electron chi connectivity index (χ2n) is 6.22. The Hall–Kier alpha value is -2.97. The number of nitrogens with zero attached hydrogens (tertiary/aromatic N) is 4. The molecule has 1 aliphatic heterocycles. The van der Waals surface area contributed by atoms with Gasteiger partial charge in [0.05, 0.1) is 19.1 Å². The van der Waals surface area contributed by atoms with Gasteiger partial charge in [-0.15, -0.1) is 10.2 Å². The fraction of sp³-hybridized carbons (Fsp3) is 0.471. The number of tetrazole rings is 1. The van der Waals surface area contributed by atoms with Crippen LogP contribution in [0.25, 0.3) is 0 Å². The highest BCUT2D eigenvalue weighted by atomic mass is 16.5. The molecular weight excluding hydrogens is 336 g/mol. The van der Waals surface area contributed by atoms with E-state index in [0.29, 0.717) is 18.8 Å². The third-order valence-corrected chi connectivity index (χ3v) is 4.45. The van der Waals surface area contributed by atoms with E-state index in [1.165, 1.54) is 0 Å². The van der Waals surface area contributed by atoms with Gasteiger partial charge in [-0.05, 0) is 30.7 Å². The van der Waals surface area contributed by atoms with Crippen LogP contribution >= 0.6 is 0 Å². The number of amides is 2. The Kier molecular flexibility index (Phi) is 5.45. The van der Waals surface area contributed by atoms with Gasteiger partial charge in [0.25, 0.3) is 0 Å². The summed E-state index contributed by atoms with van der Waals surface area (Å²) >= 11 is 0. The zero-order chi connectivity index (χ0) is 18.5. The maximum Gasteiger partial charge on any atom is 0.227 e. The molecular formula is C17H22N6O3. The molecule has 2 atom stereocenters. The van der Waals surface area contributed by atoms with E-state index >= 15 is 0 Å². The first-order chi connectivity index (χ1) is 12.6. The molecule has 2 unspecified atom stereocenters. The average Bonchev–Trinajstić information content (AvgIpc) is 3.31. The lowest BCUT2D eigenvalue weighted by atomic mass is 10.1. The monoisotopic (exact) mass is 358 g/mol. The van der Waals surface area contributed by atoms with E-state index in [0.717, 1.165) is 17.9 Å². The fourth-order valence-corrected chi connectivity index (χ4v) is 3.06. The number of hydrogen-bond acceptors (Lipinski definition) is 6. The molecule has 1 fully saturated rings. The van der Waals surface area contributed by atoms with E-state index < -0.39 is 5.92 Å². The van der Waals surface area contributed by atoms with E-state index in [-0.39, 0.29) is 24.3 Å². The minimum Gasteiger partial charge on any atom is -0.497 e. The third-order valence-electron chi connectivity index (χ3n) is 4.45. The molecule has 1 aromatic heterocycles. The molecule has 1 aliphatic rings. The van der Waals surface area contributed by atoms with Crippen molar-refractivity contribution in [3.63, 3.8) is 0 Å². The summed E-state index contributed by atoms with van der Waals surface area (Å²) in [6.45, 7) is 2.37. The molecule has 0 spiro atoms. The van der Waals surface area contributed by atoms with Crippen LogP contribution in [0.1, 0.15) is 38.1 Å². The van der Waals surface area contributed by atoms with Crippen LogP contribution in [0.5, 0.6) is 5.75 Å². The predicted molar refractivity (Wildman–Crippen MR) is 93.4 cm³/mol. The molecule has 2 heterocycles. The molecule has 0 radical (unpaired) electrons. The third kappa shape index (κ3) is 3.81. The summed E-state index contributed by atoms with van der Waals surface area (Å²) in [5.41, 5.74) is 0.759. The van der Waals surface area contributed by atoms with Crippen molar-refractivity contribution in [3.05, 3.63) is 30.1 Å². The number of hydrogen-bond donors (Lipinski definition) is 2. The number of H-pyrrole nitrogens is 1. The first-order valence-electron chi connectivity index (χ1n) is 8.60. The zero-order valence-electron chi connectivity index (χ0n) is 14.8. The lowest BCUT2D eigenvalue weighted by molar-refractivity contribution is -0.127. The Morgan fingerprint density at radius 1 is 1.42 bits per heavy atom. The van der Waals surface area contributed by atoms with Crippen LogP contribution in [0, 0.1) is 5.92 Å². The molecule has 0 bridgehead atoms. The van der Waals surface area contributed by atoms with Crippen molar-refractivity contribution in [1.29, 1.82) is 0 Å². The number of carbonyl (C=O) groups excluding carboxylic acids is 2. The fourth-order valence-electron chi connectivity index (χ4n) is 3.06. The number of aromatic nitrogens is 4. The summed E-state index contributed by atoms with van der Waals surface area (Å²) in [6.07, 6.45) is 1.75. The van der Waals surface area contributed by atoms with Gasteiger partial charge in [-0.3, -0.25) is 9.59 Å². The molecule has 2 amide bonds. The number of anilines is 1. The Bertz CT molecular complexity index is 746. The molecule has 26 heavy (non-hydrogen) atoms. The summed E-state index contributed by atoms with van der Waals surface area (Å²) < 4.78 is 5.13. The van der Waals surface area contributed by atoms with Crippen LogP contribution in [0.3, 0.4) is 0 Å². The largest absolute Gasteiger partial charge is 0.497 e. The number of benzene rings is 1. The topological polar surface area (TPSA) is 113 Å². The van der Waals surface area contributed by atoms with Crippen LogP contribution in [-0.2, 0) is 9.59 Å². The summed E-state index contributed by atoms with van der Waals surface area (Å²) in [5.74, 6) is 0.532. The van der Waals surface area contributed by atoms with Crippen molar-refractivity contribution in [2.45, 2.75) is 32.2 Å². The number of nitrogens with one attached hydrogen (secondary N) is 2. The molecule has 1 aromatic carbocycles. The van der Waals surface area contributed by atoms with E-state index in [1.807, 2.05) is 19.1 Å². The van der Waals surface area contributed by atoms with Gasteiger partial charge >= 0.3 is 0 Å². The lowest BCUT2D eigenvalue weighted by Crippen LogP contribution is -2.36. The quantitative estimate of drug-likeness (QED) is 0.769. The first-order valence-corrected chi connectivity index (χ1v) is 8.60. The van der Waals surface area contributed by atoms with E-state index in [4.69, 9.17) is 4.74 Å². The highest BCUT2D eigenvalue weighted by molar-refractivity contribution is 6.00. The smallest absolute Gasteiger partial charge is 0.227 e. The minimum atomic E-state index is -0.407. The highest BCUT2D eigenvalue weighted by Crippen LogP contribution is 2.27. The molecule has 2 aromatic rings. The van der Waals surface area contributed by atoms with Gasteiger partial charge in [0.2, 0.25) is 11.8 Å². The van der Waals surface area contributed by atoms with Crippen molar-refractivity contribution in [3.8, 4) is 5.75 Å². The van der Waals surface area contributed by atoms with Gasteiger partial charge < -0.3 is 15.0 Å². The number of aromatic amines is 1. The standard InChI is InChI=1S/C17H22N6O3/c1-3-4-14(16-19-21-22-20-16)18-17(25)11-9-15(24)23(10-11)12-5-7-13(26-2)8-6-12/h5-8,11,14H,3-4,9-10H2,1-2H3,(H,18,25)(H,19,20,21,22). The van der Waals surface area contributed by atoms with Gasteiger partial charge in [-0.2, -0.15) is 5.21 Å². The van der Waals surface area contributed by atoms with E-state index in [9.17, 15) is 9.59 Å². The molecule has 2 N–H and O–H groups in total. The Morgan fingerprint density at radius 3 is 2.81 bits per heavy atom. The first kappa shape index (κ1) is 17.8. The molecule has 0 saturated carbocycles. The van der Waals surface area contributed by atoms with Crippen molar-refractivity contribution in [2.75, 3.05) is 18.6 Å². The second kappa shape index (κ2) is 7.94. The van der Waals surface area contributed by atoms with Crippen LogP contribution in [-0.4, -0.2) is 46.1 Å². The maximum absolute atomic E-state index is 12.7. The van der Waals surface area contributed by atoms with Crippen molar-refractivity contribution >= 4 is 17.5 Å². The Labute approximate surface area is 151 Å². The van der Waals surface area contributed by atoms with Gasteiger partial charge in [0, 0.05) is 18.7 Å². The van der Waals surface area contributed by atoms with Gasteiger partial charge in [-0.1, -0.05) is 18.6 Å². The van der Waals surface area contributed by atoms with Gasteiger partial charge in [0.15, 0.2) is 5.82 Å². The van der Waals surface area contributed by atoms with Crippen LogP contribution in [0.4, 0.5) is 5.69 Å². The number of rotatable bonds is 7. The van der Waals surface area contributed by atoms with Gasteiger partial charge in [-0.25, -0.2) is 0 Å².